The van der Waals surface area contributed by atoms with Crippen LogP contribution >= 0.6 is 0 Å². The van der Waals surface area contributed by atoms with Crippen LogP contribution < -0.4 is 10.5 Å². The number of nitriles is 1. The van der Waals surface area contributed by atoms with E-state index in [1.807, 2.05) is 12.1 Å². The van der Waals surface area contributed by atoms with Gasteiger partial charge < -0.3 is 14.6 Å². The van der Waals surface area contributed by atoms with Crippen molar-refractivity contribution in [3.8, 4) is 6.07 Å². The Balaban J connectivity index is 1.84. The molecule has 0 aliphatic heterocycles. The van der Waals surface area contributed by atoms with Gasteiger partial charge in [-0.25, -0.2) is 4.79 Å². The third-order valence-corrected chi connectivity index (χ3v) is 4.38. The lowest BCUT2D eigenvalue weighted by Crippen LogP contribution is -2.40. The van der Waals surface area contributed by atoms with E-state index in [1.54, 1.807) is 48.5 Å². The first-order valence-electron chi connectivity index (χ1n) is 9.07. The summed E-state index contributed by atoms with van der Waals surface area (Å²) in [7, 11) is 0. The molecule has 1 atom stereocenters. The highest BCUT2D eigenvalue weighted by Crippen LogP contribution is 2.19. The van der Waals surface area contributed by atoms with Crippen molar-refractivity contribution in [1.29, 1.82) is 5.26 Å². The van der Waals surface area contributed by atoms with Gasteiger partial charge >= 0.3 is 5.97 Å². The number of hydrogen-bond acceptors (Lipinski definition) is 5. The van der Waals surface area contributed by atoms with Gasteiger partial charge in [-0.1, -0.05) is 36.4 Å². The highest BCUT2D eigenvalue weighted by Gasteiger charge is 2.26. The van der Waals surface area contributed by atoms with Crippen LogP contribution in [0.5, 0.6) is 0 Å². The fourth-order valence-corrected chi connectivity index (χ4v) is 3.00. The van der Waals surface area contributed by atoms with Gasteiger partial charge in [0.2, 0.25) is 5.56 Å². The number of rotatable bonds is 6. The molecular weight excluding hydrogens is 370 g/mol. The molecule has 0 aliphatic carbocycles. The maximum atomic E-state index is 12.9. The SMILES string of the molecule is C[C@H](OC(=O)c1cc(=O)[nH]c2ccccc12)C(=O)N(CCC#N)c1ccccc1. The number of carbonyl (C=O) groups excluding carboxylic acids is 2. The molecule has 1 heterocycles. The van der Waals surface area contributed by atoms with Crippen molar-refractivity contribution in [1.82, 2.24) is 4.98 Å². The molecule has 0 saturated heterocycles. The van der Waals surface area contributed by atoms with E-state index in [9.17, 15) is 14.4 Å². The Morgan fingerprint density at radius 2 is 1.83 bits per heavy atom. The van der Waals surface area contributed by atoms with Gasteiger partial charge in [0.25, 0.3) is 5.91 Å². The van der Waals surface area contributed by atoms with E-state index in [0.29, 0.717) is 16.6 Å². The normalized spacial score (nSPS) is 11.4. The number of ether oxygens (including phenoxy) is 1. The highest BCUT2D eigenvalue weighted by molar-refractivity contribution is 6.05. The number of aromatic nitrogens is 1. The van der Waals surface area contributed by atoms with Crippen molar-refractivity contribution in [3.63, 3.8) is 0 Å². The van der Waals surface area contributed by atoms with Crippen LogP contribution in [0.1, 0.15) is 23.7 Å². The van der Waals surface area contributed by atoms with Crippen LogP contribution in [-0.4, -0.2) is 29.5 Å². The number of benzene rings is 2. The molecule has 0 saturated carbocycles. The zero-order valence-electron chi connectivity index (χ0n) is 15.8. The zero-order chi connectivity index (χ0) is 20.8. The average Bonchev–Trinajstić information content (AvgIpc) is 2.73. The number of para-hydroxylation sites is 2. The lowest BCUT2D eigenvalue weighted by molar-refractivity contribution is -0.126. The Kier molecular flexibility index (Phi) is 6.05. The summed E-state index contributed by atoms with van der Waals surface area (Å²) in [6, 6.07) is 18.9. The Morgan fingerprint density at radius 1 is 1.14 bits per heavy atom. The van der Waals surface area contributed by atoms with Crippen molar-refractivity contribution in [3.05, 3.63) is 76.6 Å². The fourth-order valence-electron chi connectivity index (χ4n) is 3.00. The molecule has 0 bridgehead atoms. The summed E-state index contributed by atoms with van der Waals surface area (Å²) in [5, 5.41) is 9.43. The zero-order valence-corrected chi connectivity index (χ0v) is 15.8. The van der Waals surface area contributed by atoms with Crippen molar-refractivity contribution in [2.45, 2.75) is 19.4 Å². The minimum Gasteiger partial charge on any atom is -0.449 e. The summed E-state index contributed by atoms with van der Waals surface area (Å²) < 4.78 is 5.38. The minimum atomic E-state index is -1.10. The fraction of sp³-hybridized carbons (Fsp3) is 0.182. The number of nitrogens with zero attached hydrogens (tertiary/aromatic N) is 2. The summed E-state index contributed by atoms with van der Waals surface area (Å²) in [4.78, 5) is 41.6. The van der Waals surface area contributed by atoms with Crippen LogP contribution in [0.4, 0.5) is 5.69 Å². The standard InChI is InChI=1S/C22H19N3O4/c1-15(21(27)25(13-7-12-23)16-8-3-2-4-9-16)29-22(28)18-14-20(26)24-19-11-6-5-10-17(18)19/h2-6,8-11,14-15H,7,13H2,1H3,(H,24,26)/t15-/m0/s1. The van der Waals surface area contributed by atoms with Crippen molar-refractivity contribution in [2.24, 2.45) is 0 Å². The molecule has 0 aliphatic rings. The topological polar surface area (TPSA) is 103 Å². The number of carbonyl (C=O) groups is 2. The number of anilines is 1. The van der Waals surface area contributed by atoms with Crippen LogP contribution in [0.15, 0.2) is 65.5 Å². The Labute approximate surface area is 167 Å². The van der Waals surface area contributed by atoms with E-state index < -0.39 is 23.5 Å². The summed E-state index contributed by atoms with van der Waals surface area (Å²) >= 11 is 0. The number of hydrogen-bond donors (Lipinski definition) is 1. The predicted molar refractivity (Wildman–Crippen MR) is 108 cm³/mol. The molecular formula is C22H19N3O4. The summed E-state index contributed by atoms with van der Waals surface area (Å²) in [5.74, 6) is -1.21. The molecule has 3 rings (SSSR count). The molecule has 29 heavy (non-hydrogen) atoms. The van der Waals surface area contributed by atoms with E-state index in [2.05, 4.69) is 4.98 Å². The quantitative estimate of drug-likeness (QED) is 0.653. The van der Waals surface area contributed by atoms with E-state index in [4.69, 9.17) is 10.00 Å². The first kappa shape index (κ1) is 19.8. The molecule has 1 amide bonds. The van der Waals surface area contributed by atoms with E-state index >= 15 is 0 Å². The number of aromatic amines is 1. The molecule has 0 unspecified atom stereocenters. The first-order valence-corrected chi connectivity index (χ1v) is 9.07. The first-order chi connectivity index (χ1) is 14.0. The Hall–Kier alpha value is -3.92. The number of nitrogens with one attached hydrogen (secondary N) is 1. The number of pyridine rings is 1. The van der Waals surface area contributed by atoms with Crippen molar-refractivity contribution < 1.29 is 14.3 Å². The lowest BCUT2D eigenvalue weighted by Gasteiger charge is -2.25. The molecule has 0 radical (unpaired) electrons. The second-order valence-corrected chi connectivity index (χ2v) is 6.37. The highest BCUT2D eigenvalue weighted by atomic mass is 16.5. The molecule has 1 N–H and O–H groups in total. The number of fused-ring (bicyclic) bond motifs is 1. The Bertz CT molecular complexity index is 1130. The van der Waals surface area contributed by atoms with Gasteiger partial charge in [0, 0.05) is 29.2 Å². The Morgan fingerprint density at radius 3 is 2.55 bits per heavy atom. The van der Waals surface area contributed by atoms with Crippen molar-refractivity contribution in [2.75, 3.05) is 11.4 Å². The number of esters is 1. The van der Waals surface area contributed by atoms with Crippen LogP contribution in [0.25, 0.3) is 10.9 Å². The van der Waals surface area contributed by atoms with Gasteiger partial charge in [-0.3, -0.25) is 9.59 Å². The van der Waals surface area contributed by atoms with Crippen LogP contribution in [0.3, 0.4) is 0 Å². The minimum absolute atomic E-state index is 0.0901. The summed E-state index contributed by atoms with van der Waals surface area (Å²) in [5.41, 5.74) is 0.768. The molecule has 7 nitrogen and oxygen atoms in total. The summed E-state index contributed by atoms with van der Waals surface area (Å²) in [6.07, 6.45) is -0.959. The third-order valence-electron chi connectivity index (χ3n) is 4.38. The molecule has 1 aromatic heterocycles. The number of H-pyrrole nitrogens is 1. The second-order valence-electron chi connectivity index (χ2n) is 6.37. The van der Waals surface area contributed by atoms with Gasteiger partial charge in [-0.15, -0.1) is 0 Å². The van der Waals surface area contributed by atoms with E-state index in [1.165, 1.54) is 11.8 Å². The molecule has 3 aromatic rings. The third kappa shape index (κ3) is 4.50. The van der Waals surface area contributed by atoms with Crippen LogP contribution in [0, 0.1) is 11.3 Å². The second kappa shape index (κ2) is 8.85. The smallest absolute Gasteiger partial charge is 0.339 e. The molecule has 0 spiro atoms. The molecule has 146 valence electrons. The maximum absolute atomic E-state index is 12.9. The largest absolute Gasteiger partial charge is 0.449 e. The van der Waals surface area contributed by atoms with Crippen molar-refractivity contribution >= 4 is 28.5 Å². The van der Waals surface area contributed by atoms with Gasteiger partial charge in [-0.05, 0) is 25.1 Å². The molecule has 2 aromatic carbocycles. The lowest BCUT2D eigenvalue weighted by atomic mass is 10.1. The van der Waals surface area contributed by atoms with Gasteiger partial charge in [-0.2, -0.15) is 5.26 Å². The van der Waals surface area contributed by atoms with Gasteiger partial charge in [0.1, 0.15) is 0 Å². The monoisotopic (exact) mass is 389 g/mol. The molecule has 7 heteroatoms. The summed E-state index contributed by atoms with van der Waals surface area (Å²) in [6.45, 7) is 1.65. The van der Waals surface area contributed by atoms with Gasteiger partial charge in [0.15, 0.2) is 6.10 Å². The number of amides is 1. The maximum Gasteiger partial charge on any atom is 0.339 e. The van der Waals surface area contributed by atoms with E-state index in [-0.39, 0.29) is 18.5 Å². The van der Waals surface area contributed by atoms with E-state index in [0.717, 1.165) is 6.07 Å². The molecule has 0 fully saturated rings. The average molecular weight is 389 g/mol. The predicted octanol–water partition coefficient (Wildman–Crippen LogP) is 3.02. The van der Waals surface area contributed by atoms with Crippen LogP contribution in [-0.2, 0) is 9.53 Å². The van der Waals surface area contributed by atoms with Gasteiger partial charge in [0.05, 0.1) is 18.1 Å². The van der Waals surface area contributed by atoms with Crippen LogP contribution in [0.2, 0.25) is 0 Å².